The van der Waals surface area contributed by atoms with Crippen LogP contribution in [0.15, 0.2) is 30.3 Å². The van der Waals surface area contributed by atoms with Gasteiger partial charge in [0.15, 0.2) is 0 Å². The van der Waals surface area contributed by atoms with Crippen LogP contribution in [0.4, 0.5) is 0 Å². The molecule has 0 radical (unpaired) electrons. The molecule has 0 spiro atoms. The normalized spacial score (nSPS) is 13.4. The van der Waals surface area contributed by atoms with Gasteiger partial charge in [-0.3, -0.25) is 0 Å². The summed E-state index contributed by atoms with van der Waals surface area (Å²) in [5.74, 6) is 0. The van der Waals surface area contributed by atoms with Gasteiger partial charge in [-0.25, -0.2) is 0 Å². The van der Waals surface area contributed by atoms with Crippen molar-refractivity contribution >= 4 is 17.2 Å². The Morgan fingerprint density at radius 2 is 1.88 bits per heavy atom. The zero-order valence-electron chi connectivity index (χ0n) is 10.1. The molecule has 0 amide bonds. The highest BCUT2D eigenvalue weighted by atomic mass is 32.1. The molecule has 2 nitrogen and oxygen atoms in total. The van der Waals surface area contributed by atoms with Crippen LogP contribution in [-0.2, 0) is 4.74 Å². The summed E-state index contributed by atoms with van der Waals surface area (Å²) >= 11 is 4.96. The maximum Gasteiger partial charge on any atom is 0.0894 e. The van der Waals surface area contributed by atoms with Crippen LogP contribution in [0.3, 0.4) is 0 Å². The van der Waals surface area contributed by atoms with Crippen molar-refractivity contribution in [1.82, 2.24) is 0 Å². The molecule has 0 fully saturated rings. The van der Waals surface area contributed by atoms with Gasteiger partial charge in [0.05, 0.1) is 16.7 Å². The molecule has 0 aliphatic heterocycles. The van der Waals surface area contributed by atoms with E-state index in [1.54, 1.807) is 0 Å². The van der Waals surface area contributed by atoms with Crippen LogP contribution in [-0.4, -0.2) is 10.6 Å². The molecule has 1 unspecified atom stereocenters. The van der Waals surface area contributed by atoms with Crippen LogP contribution in [0.5, 0.6) is 0 Å². The first-order valence-corrected chi connectivity index (χ1v) is 5.80. The highest BCUT2D eigenvalue weighted by Crippen LogP contribution is 2.26. The van der Waals surface area contributed by atoms with Gasteiger partial charge < -0.3 is 10.5 Å². The molecule has 1 aromatic rings. The van der Waals surface area contributed by atoms with Gasteiger partial charge in [-0.05, 0) is 26.3 Å². The molecule has 0 heterocycles. The number of nitrogens with two attached hydrogens (primary N) is 1. The largest absolute Gasteiger partial charge is 0.393 e. The molecule has 88 valence electrons. The van der Waals surface area contributed by atoms with Crippen molar-refractivity contribution < 1.29 is 4.74 Å². The Morgan fingerprint density at radius 1 is 1.31 bits per heavy atom. The molecule has 3 heteroatoms. The number of thiocarbonyl (C=S) groups is 1. The summed E-state index contributed by atoms with van der Waals surface area (Å²) in [5.41, 5.74) is 6.51. The Kier molecular flexibility index (Phi) is 4.44. The van der Waals surface area contributed by atoms with Crippen molar-refractivity contribution in [1.29, 1.82) is 0 Å². The van der Waals surface area contributed by atoms with Crippen LogP contribution in [0.1, 0.15) is 38.9 Å². The summed E-state index contributed by atoms with van der Waals surface area (Å²) in [5, 5.41) is 0. The Hall–Kier alpha value is -0.930. The second-order valence-electron chi connectivity index (χ2n) is 4.80. The minimum atomic E-state index is -0.203. The molecule has 0 aliphatic carbocycles. The first-order valence-electron chi connectivity index (χ1n) is 5.39. The molecular weight excluding hydrogens is 218 g/mol. The van der Waals surface area contributed by atoms with Gasteiger partial charge in [-0.2, -0.15) is 0 Å². The number of ether oxygens (including phenoxy) is 1. The summed E-state index contributed by atoms with van der Waals surface area (Å²) in [7, 11) is 0. The van der Waals surface area contributed by atoms with Crippen LogP contribution < -0.4 is 5.73 Å². The molecule has 0 aliphatic rings. The van der Waals surface area contributed by atoms with E-state index in [1.165, 1.54) is 0 Å². The van der Waals surface area contributed by atoms with Crippen LogP contribution in [0.25, 0.3) is 0 Å². The van der Waals surface area contributed by atoms with E-state index < -0.39 is 0 Å². The Bertz CT molecular complexity index is 343. The molecule has 1 atom stereocenters. The smallest absolute Gasteiger partial charge is 0.0894 e. The molecule has 16 heavy (non-hydrogen) atoms. The lowest BCUT2D eigenvalue weighted by Gasteiger charge is -2.27. The summed E-state index contributed by atoms with van der Waals surface area (Å²) in [6, 6.07) is 10.0. The van der Waals surface area contributed by atoms with Gasteiger partial charge in [-0.1, -0.05) is 42.5 Å². The number of hydrogen-bond acceptors (Lipinski definition) is 2. The molecule has 0 saturated carbocycles. The van der Waals surface area contributed by atoms with Crippen molar-refractivity contribution in [2.24, 2.45) is 5.73 Å². The number of rotatable bonds is 4. The van der Waals surface area contributed by atoms with E-state index in [0.29, 0.717) is 11.4 Å². The monoisotopic (exact) mass is 237 g/mol. The average molecular weight is 237 g/mol. The fourth-order valence-electron chi connectivity index (χ4n) is 1.50. The summed E-state index contributed by atoms with van der Waals surface area (Å²) < 4.78 is 5.97. The van der Waals surface area contributed by atoms with Gasteiger partial charge in [0.25, 0.3) is 0 Å². The van der Waals surface area contributed by atoms with Gasteiger partial charge >= 0.3 is 0 Å². The Morgan fingerprint density at radius 3 is 2.31 bits per heavy atom. The van der Waals surface area contributed by atoms with E-state index >= 15 is 0 Å². The SMILES string of the molecule is CC(C)(C)OC(CC(N)=S)c1ccccc1. The number of benzene rings is 1. The van der Waals surface area contributed by atoms with E-state index in [4.69, 9.17) is 22.7 Å². The third-order valence-corrected chi connectivity index (χ3v) is 2.22. The summed E-state index contributed by atoms with van der Waals surface area (Å²) in [4.78, 5) is 0.484. The number of hydrogen-bond donors (Lipinski definition) is 1. The predicted molar refractivity (Wildman–Crippen MR) is 71.4 cm³/mol. The third kappa shape index (κ3) is 4.73. The summed E-state index contributed by atoms with van der Waals surface area (Å²) in [6.07, 6.45) is 0.523. The lowest BCUT2D eigenvalue weighted by atomic mass is 10.0. The quantitative estimate of drug-likeness (QED) is 0.817. The van der Waals surface area contributed by atoms with Crippen molar-refractivity contribution in [3.05, 3.63) is 35.9 Å². The highest BCUT2D eigenvalue weighted by Gasteiger charge is 2.20. The van der Waals surface area contributed by atoms with Crippen LogP contribution in [0, 0.1) is 0 Å². The second kappa shape index (κ2) is 5.41. The first-order chi connectivity index (χ1) is 7.38. The van der Waals surface area contributed by atoms with Crippen LogP contribution in [0.2, 0.25) is 0 Å². The Labute approximate surface area is 103 Å². The van der Waals surface area contributed by atoms with Gasteiger partial charge in [-0.15, -0.1) is 0 Å². The van der Waals surface area contributed by atoms with Crippen molar-refractivity contribution in [3.63, 3.8) is 0 Å². The maximum absolute atomic E-state index is 5.97. The zero-order chi connectivity index (χ0) is 12.2. The minimum absolute atomic E-state index is 0.0568. The maximum atomic E-state index is 5.97. The standard InChI is InChI=1S/C13H19NOS/c1-13(2,3)15-11(9-12(14)16)10-7-5-4-6-8-10/h4-8,11H,9H2,1-3H3,(H2,14,16). The summed E-state index contributed by atoms with van der Waals surface area (Å²) in [6.45, 7) is 6.09. The van der Waals surface area contributed by atoms with Crippen molar-refractivity contribution in [2.75, 3.05) is 0 Å². The van der Waals surface area contributed by atoms with Gasteiger partial charge in [0.2, 0.25) is 0 Å². The second-order valence-corrected chi connectivity index (χ2v) is 5.32. The highest BCUT2D eigenvalue weighted by molar-refractivity contribution is 7.80. The molecule has 2 N–H and O–H groups in total. The predicted octanol–water partition coefficient (Wildman–Crippen LogP) is 3.22. The zero-order valence-corrected chi connectivity index (χ0v) is 10.9. The van der Waals surface area contributed by atoms with E-state index in [2.05, 4.69) is 0 Å². The van der Waals surface area contributed by atoms with E-state index in [-0.39, 0.29) is 11.7 Å². The lowest BCUT2D eigenvalue weighted by Crippen LogP contribution is -2.25. The van der Waals surface area contributed by atoms with E-state index in [1.807, 2.05) is 51.1 Å². The van der Waals surface area contributed by atoms with E-state index in [9.17, 15) is 0 Å². The topological polar surface area (TPSA) is 35.2 Å². The van der Waals surface area contributed by atoms with E-state index in [0.717, 1.165) is 5.56 Å². The van der Waals surface area contributed by atoms with Crippen molar-refractivity contribution in [2.45, 2.75) is 38.9 Å². The van der Waals surface area contributed by atoms with Crippen LogP contribution >= 0.6 is 12.2 Å². The molecule has 1 aromatic carbocycles. The lowest BCUT2D eigenvalue weighted by molar-refractivity contribution is -0.0581. The van der Waals surface area contributed by atoms with Gasteiger partial charge in [0, 0.05) is 6.42 Å². The Balaban J connectivity index is 2.84. The fourth-order valence-corrected chi connectivity index (χ4v) is 1.66. The molecular formula is C13H19NOS. The minimum Gasteiger partial charge on any atom is -0.393 e. The molecule has 0 bridgehead atoms. The van der Waals surface area contributed by atoms with Crippen molar-refractivity contribution in [3.8, 4) is 0 Å². The van der Waals surface area contributed by atoms with Gasteiger partial charge in [0.1, 0.15) is 0 Å². The molecule has 0 aromatic heterocycles. The first kappa shape index (κ1) is 13.1. The average Bonchev–Trinajstić information content (AvgIpc) is 2.15. The molecule has 0 saturated heterocycles. The molecule has 1 rings (SSSR count). The fraction of sp³-hybridized carbons (Fsp3) is 0.462. The third-order valence-electron chi connectivity index (χ3n) is 2.05.